The van der Waals surface area contributed by atoms with Crippen LogP contribution in [0.1, 0.15) is 22.9 Å². The molecule has 0 saturated heterocycles. The van der Waals surface area contributed by atoms with E-state index in [4.69, 9.17) is 9.98 Å². The summed E-state index contributed by atoms with van der Waals surface area (Å²) in [5.74, 6) is 1.66. The van der Waals surface area contributed by atoms with Gasteiger partial charge in [-0.3, -0.25) is 0 Å². The van der Waals surface area contributed by atoms with Gasteiger partial charge in [0.05, 0.1) is 0 Å². The summed E-state index contributed by atoms with van der Waals surface area (Å²) in [5.41, 5.74) is 5.61. The van der Waals surface area contributed by atoms with Gasteiger partial charge in [-0.2, -0.15) is 0 Å². The maximum Gasteiger partial charge on any atom is 0.169 e. The molecule has 0 spiro atoms. The molecule has 6 aromatic carbocycles. The molecule has 0 aliphatic carbocycles. The summed E-state index contributed by atoms with van der Waals surface area (Å²) in [5, 5.41) is 8.54. The minimum absolute atomic E-state index is 0.358. The molecule has 7 aromatic rings. The van der Waals surface area contributed by atoms with Crippen molar-refractivity contribution in [3.8, 4) is 11.1 Å². The average Bonchev–Trinajstić information content (AvgIpc) is 3.43. The molecular weight excluding hydrogens is 518 g/mol. The third-order valence-electron chi connectivity index (χ3n) is 7.75. The first kappa shape index (κ1) is 23.8. The third kappa shape index (κ3) is 4.21. The van der Waals surface area contributed by atoms with Gasteiger partial charge in [-0.05, 0) is 39.6 Å². The molecule has 2 heterocycles. The van der Waals surface area contributed by atoms with E-state index in [9.17, 15) is 0 Å². The van der Waals surface area contributed by atoms with Gasteiger partial charge in [0.1, 0.15) is 11.7 Å². The Balaban J connectivity index is 1.29. The maximum absolute atomic E-state index is 5.23. The highest BCUT2D eigenvalue weighted by Gasteiger charge is 2.22. The number of thiophene rings is 1. The topological polar surface area (TPSA) is 36.8 Å². The standard InChI is InChI=1S/C37H25N3S/c1-3-11-24(12-4-1)27-16-9-18-29-28(27)17-10-19-32(29)37-39-35(25-13-5-2-6-14-25)38-36(40-37)26-21-22-31-30-15-7-8-20-33(30)41-34(31)23-26/h1-23,36H,(H,38,39,40). The van der Waals surface area contributed by atoms with E-state index in [0.29, 0.717) is 0 Å². The minimum Gasteiger partial charge on any atom is -0.324 e. The summed E-state index contributed by atoms with van der Waals surface area (Å²) in [6.07, 6.45) is -0.358. The Morgan fingerprint density at radius 2 is 1.07 bits per heavy atom. The quantitative estimate of drug-likeness (QED) is 0.236. The molecule has 0 radical (unpaired) electrons. The van der Waals surface area contributed by atoms with Crippen LogP contribution in [0.2, 0.25) is 0 Å². The van der Waals surface area contributed by atoms with E-state index in [-0.39, 0.29) is 6.17 Å². The van der Waals surface area contributed by atoms with Gasteiger partial charge in [0.25, 0.3) is 0 Å². The Bertz CT molecular complexity index is 2120. The van der Waals surface area contributed by atoms with Crippen molar-refractivity contribution in [3.63, 3.8) is 0 Å². The summed E-state index contributed by atoms with van der Waals surface area (Å²) in [6, 6.07) is 49.1. The Morgan fingerprint density at radius 1 is 0.463 bits per heavy atom. The lowest BCUT2D eigenvalue weighted by Gasteiger charge is -2.23. The van der Waals surface area contributed by atoms with E-state index in [1.807, 2.05) is 29.5 Å². The largest absolute Gasteiger partial charge is 0.324 e. The normalized spacial score (nSPS) is 15.1. The fourth-order valence-corrected chi connectivity index (χ4v) is 6.92. The van der Waals surface area contributed by atoms with Crippen molar-refractivity contribution >= 4 is 54.0 Å². The molecule has 0 fully saturated rings. The average molecular weight is 544 g/mol. The van der Waals surface area contributed by atoms with Gasteiger partial charge in [-0.15, -0.1) is 11.3 Å². The van der Waals surface area contributed by atoms with Crippen LogP contribution in [-0.4, -0.2) is 11.7 Å². The highest BCUT2D eigenvalue weighted by Crippen LogP contribution is 2.37. The van der Waals surface area contributed by atoms with Crippen LogP contribution in [0, 0.1) is 0 Å². The molecule has 1 aliphatic rings. The van der Waals surface area contributed by atoms with Crippen molar-refractivity contribution in [2.45, 2.75) is 6.17 Å². The van der Waals surface area contributed by atoms with Gasteiger partial charge in [0.2, 0.25) is 0 Å². The van der Waals surface area contributed by atoms with Gasteiger partial charge in [-0.1, -0.05) is 127 Å². The summed E-state index contributed by atoms with van der Waals surface area (Å²) < 4.78 is 2.56. The lowest BCUT2D eigenvalue weighted by Crippen LogP contribution is -2.36. The SMILES string of the molecule is c1ccc(C2=NC(c3ccc4c(c3)sc3ccccc34)N=C(c3cccc4c(-c5ccccc5)cccc34)N2)cc1. The van der Waals surface area contributed by atoms with Crippen molar-refractivity contribution < 1.29 is 0 Å². The van der Waals surface area contributed by atoms with E-state index in [1.54, 1.807) is 0 Å². The van der Waals surface area contributed by atoms with Crippen molar-refractivity contribution in [3.05, 3.63) is 156 Å². The van der Waals surface area contributed by atoms with E-state index < -0.39 is 0 Å². The Labute approximate surface area is 242 Å². The number of hydrogen-bond donors (Lipinski definition) is 1. The van der Waals surface area contributed by atoms with Crippen molar-refractivity contribution in [2.24, 2.45) is 9.98 Å². The maximum atomic E-state index is 5.23. The van der Waals surface area contributed by atoms with E-state index in [0.717, 1.165) is 33.7 Å². The van der Waals surface area contributed by atoms with Gasteiger partial charge in [-0.25, -0.2) is 9.98 Å². The predicted octanol–water partition coefficient (Wildman–Crippen LogP) is 9.37. The molecule has 4 heteroatoms. The summed E-state index contributed by atoms with van der Waals surface area (Å²) in [7, 11) is 0. The number of hydrogen-bond acceptors (Lipinski definition) is 4. The molecule has 1 aliphatic heterocycles. The Kier molecular flexibility index (Phi) is 5.71. The number of amidine groups is 2. The number of fused-ring (bicyclic) bond motifs is 4. The first-order chi connectivity index (χ1) is 20.3. The van der Waals surface area contributed by atoms with Crippen molar-refractivity contribution in [1.82, 2.24) is 5.32 Å². The molecule has 194 valence electrons. The smallest absolute Gasteiger partial charge is 0.169 e. The van der Waals surface area contributed by atoms with Crippen LogP contribution in [0.15, 0.2) is 150 Å². The fourth-order valence-electron chi connectivity index (χ4n) is 5.77. The molecule has 3 nitrogen and oxygen atoms in total. The second-order valence-electron chi connectivity index (χ2n) is 10.2. The van der Waals surface area contributed by atoms with Crippen LogP contribution < -0.4 is 5.32 Å². The van der Waals surface area contributed by atoms with Crippen LogP contribution in [0.3, 0.4) is 0 Å². The first-order valence-corrected chi connectivity index (χ1v) is 14.6. The third-order valence-corrected chi connectivity index (χ3v) is 8.88. The molecule has 8 rings (SSSR count). The van der Waals surface area contributed by atoms with Crippen molar-refractivity contribution in [1.29, 1.82) is 0 Å². The van der Waals surface area contributed by atoms with Crippen molar-refractivity contribution in [2.75, 3.05) is 0 Å². The lowest BCUT2D eigenvalue weighted by molar-refractivity contribution is 0.757. The van der Waals surface area contributed by atoms with Crippen LogP contribution in [0.4, 0.5) is 0 Å². The monoisotopic (exact) mass is 543 g/mol. The fraction of sp³-hybridized carbons (Fsp3) is 0.0270. The molecule has 1 unspecified atom stereocenters. The summed E-state index contributed by atoms with van der Waals surface area (Å²) >= 11 is 1.82. The molecule has 0 saturated carbocycles. The second-order valence-corrected chi connectivity index (χ2v) is 11.3. The number of nitrogens with one attached hydrogen (secondary N) is 1. The van der Waals surface area contributed by atoms with Gasteiger partial charge in [0.15, 0.2) is 6.17 Å². The molecule has 1 aromatic heterocycles. The highest BCUT2D eigenvalue weighted by molar-refractivity contribution is 7.25. The Morgan fingerprint density at radius 3 is 1.88 bits per heavy atom. The van der Waals surface area contributed by atoms with Crippen LogP contribution in [0.5, 0.6) is 0 Å². The van der Waals surface area contributed by atoms with Gasteiger partial charge in [0, 0.05) is 31.3 Å². The van der Waals surface area contributed by atoms with E-state index in [1.165, 1.54) is 36.7 Å². The van der Waals surface area contributed by atoms with Gasteiger partial charge < -0.3 is 5.32 Å². The number of nitrogens with zero attached hydrogens (tertiary/aromatic N) is 2. The Hall–Kier alpha value is -5.06. The zero-order valence-electron chi connectivity index (χ0n) is 22.2. The molecule has 41 heavy (non-hydrogen) atoms. The van der Waals surface area contributed by atoms with Crippen LogP contribution >= 0.6 is 11.3 Å². The first-order valence-electron chi connectivity index (χ1n) is 13.8. The van der Waals surface area contributed by atoms with E-state index >= 15 is 0 Å². The molecule has 1 atom stereocenters. The minimum atomic E-state index is -0.358. The zero-order valence-corrected chi connectivity index (χ0v) is 23.0. The van der Waals surface area contributed by atoms with Crippen LogP contribution in [0.25, 0.3) is 42.1 Å². The van der Waals surface area contributed by atoms with E-state index in [2.05, 4.69) is 127 Å². The number of benzene rings is 6. The van der Waals surface area contributed by atoms with Crippen LogP contribution in [-0.2, 0) is 0 Å². The van der Waals surface area contributed by atoms with Gasteiger partial charge >= 0.3 is 0 Å². The summed E-state index contributed by atoms with van der Waals surface area (Å²) in [6.45, 7) is 0. The molecule has 0 amide bonds. The number of rotatable bonds is 4. The lowest BCUT2D eigenvalue weighted by atomic mass is 9.95. The number of aliphatic imine (C=N–C) groups is 2. The highest BCUT2D eigenvalue weighted by atomic mass is 32.1. The summed E-state index contributed by atoms with van der Waals surface area (Å²) in [4.78, 5) is 10.4. The second kappa shape index (κ2) is 9.84. The molecule has 0 bridgehead atoms. The predicted molar refractivity (Wildman–Crippen MR) is 174 cm³/mol. The molecule has 1 N–H and O–H groups in total. The molecular formula is C37H25N3S. The zero-order chi connectivity index (χ0) is 27.2.